The van der Waals surface area contributed by atoms with Crippen molar-refractivity contribution in [1.29, 1.82) is 0 Å². The maximum atomic E-state index is 13.3. The van der Waals surface area contributed by atoms with Crippen LogP contribution in [0, 0.1) is 5.92 Å². The predicted octanol–water partition coefficient (Wildman–Crippen LogP) is 2.02. The summed E-state index contributed by atoms with van der Waals surface area (Å²) in [7, 11) is 1.79. The lowest BCUT2D eigenvalue weighted by Crippen LogP contribution is -2.54. The summed E-state index contributed by atoms with van der Waals surface area (Å²) in [6, 6.07) is 5.07. The van der Waals surface area contributed by atoms with Crippen LogP contribution in [0.4, 0.5) is 5.69 Å². The molecule has 3 atom stereocenters. The number of anilines is 1. The lowest BCUT2D eigenvalue weighted by atomic mass is 9.94. The van der Waals surface area contributed by atoms with Crippen molar-refractivity contribution in [3.8, 4) is 5.75 Å². The van der Waals surface area contributed by atoms with Gasteiger partial charge in [0.25, 0.3) is 5.91 Å². The molecular weight excluding hydrogens is 448 g/mol. The van der Waals surface area contributed by atoms with Crippen LogP contribution < -0.4 is 15.4 Å². The lowest BCUT2D eigenvalue weighted by molar-refractivity contribution is -0.134. The van der Waals surface area contributed by atoms with Gasteiger partial charge in [-0.05, 0) is 69.8 Å². The monoisotopic (exact) mass is 484 g/mol. The van der Waals surface area contributed by atoms with Crippen molar-refractivity contribution in [3.63, 3.8) is 0 Å². The molecule has 190 valence electrons. The van der Waals surface area contributed by atoms with Gasteiger partial charge in [-0.1, -0.05) is 0 Å². The van der Waals surface area contributed by atoms with Crippen molar-refractivity contribution in [1.82, 2.24) is 15.1 Å². The molecule has 1 saturated carbocycles. The van der Waals surface area contributed by atoms with E-state index in [2.05, 4.69) is 15.5 Å². The Bertz CT molecular complexity index is 959. The number of carbonyl (C=O) groups excluding carboxylic acids is 3. The Hall–Kier alpha value is -2.65. The van der Waals surface area contributed by atoms with E-state index >= 15 is 0 Å². The van der Waals surface area contributed by atoms with E-state index in [1.165, 1.54) is 12.8 Å². The van der Waals surface area contributed by atoms with Crippen LogP contribution in [-0.4, -0.2) is 85.6 Å². The van der Waals surface area contributed by atoms with Gasteiger partial charge >= 0.3 is 0 Å². The van der Waals surface area contributed by atoms with Crippen molar-refractivity contribution in [2.75, 3.05) is 45.2 Å². The van der Waals surface area contributed by atoms with E-state index < -0.39 is 0 Å². The molecule has 0 bridgehead atoms. The highest BCUT2D eigenvalue weighted by Gasteiger charge is 2.39. The highest BCUT2D eigenvalue weighted by molar-refractivity contribution is 6.00. The van der Waals surface area contributed by atoms with Gasteiger partial charge < -0.3 is 29.9 Å². The maximum Gasteiger partial charge on any atom is 0.257 e. The van der Waals surface area contributed by atoms with Crippen LogP contribution in [0.25, 0.3) is 0 Å². The molecule has 2 N–H and O–H groups in total. The molecule has 0 radical (unpaired) electrons. The lowest BCUT2D eigenvalue weighted by Gasteiger charge is -2.42. The van der Waals surface area contributed by atoms with Gasteiger partial charge in [-0.25, -0.2) is 0 Å². The summed E-state index contributed by atoms with van der Waals surface area (Å²) in [6.45, 7) is 4.11. The van der Waals surface area contributed by atoms with E-state index in [4.69, 9.17) is 9.47 Å². The standard InChI is InChI=1S/C26H36N4O5/c1-29-21-8-7-19(15-24(31)27-10-13-30-11-2-3-12-30)35-23(21)16-34-22-9-6-18(14-20(22)26(29)33)28-25(32)17-4-5-17/h6,9,14,17,19,21,23H,2-5,7-8,10-13,15-16H2,1H3,(H,27,31)(H,28,32)/t19-,21+,23-/m1/s1. The highest BCUT2D eigenvalue weighted by atomic mass is 16.5. The first-order valence-electron chi connectivity index (χ1n) is 13.0. The zero-order valence-corrected chi connectivity index (χ0v) is 20.5. The number of hydrogen-bond donors (Lipinski definition) is 2. The molecule has 3 fully saturated rings. The number of ether oxygens (including phenoxy) is 2. The van der Waals surface area contributed by atoms with E-state index in [-0.39, 0.29) is 41.9 Å². The average Bonchev–Trinajstić information content (AvgIpc) is 3.58. The molecule has 0 aromatic heterocycles. The Kier molecular flexibility index (Phi) is 7.24. The van der Waals surface area contributed by atoms with Gasteiger partial charge in [0.15, 0.2) is 0 Å². The fourth-order valence-corrected chi connectivity index (χ4v) is 5.33. The van der Waals surface area contributed by atoms with Gasteiger partial charge in [0.2, 0.25) is 11.8 Å². The van der Waals surface area contributed by atoms with Crippen LogP contribution in [0.1, 0.15) is 55.3 Å². The number of amides is 3. The largest absolute Gasteiger partial charge is 0.490 e. The van der Waals surface area contributed by atoms with Crippen LogP contribution >= 0.6 is 0 Å². The van der Waals surface area contributed by atoms with E-state index in [0.29, 0.717) is 43.0 Å². The van der Waals surface area contributed by atoms with E-state index in [1.54, 1.807) is 30.1 Å². The first-order valence-corrected chi connectivity index (χ1v) is 13.0. The van der Waals surface area contributed by atoms with Gasteiger partial charge in [0, 0.05) is 31.7 Å². The minimum absolute atomic E-state index is 0.00406. The van der Waals surface area contributed by atoms with Gasteiger partial charge in [-0.2, -0.15) is 0 Å². The molecular formula is C26H36N4O5. The fraction of sp³-hybridized carbons (Fsp3) is 0.654. The summed E-state index contributed by atoms with van der Waals surface area (Å²) < 4.78 is 12.3. The van der Waals surface area contributed by atoms with Crippen molar-refractivity contribution in [2.24, 2.45) is 5.92 Å². The smallest absolute Gasteiger partial charge is 0.257 e. The number of rotatable bonds is 7. The summed E-state index contributed by atoms with van der Waals surface area (Å²) in [5.41, 5.74) is 1.05. The molecule has 1 aromatic carbocycles. The average molecular weight is 485 g/mol. The molecule has 0 unspecified atom stereocenters. The van der Waals surface area contributed by atoms with Crippen LogP contribution in [0.2, 0.25) is 0 Å². The Labute approximate surface area is 206 Å². The van der Waals surface area contributed by atoms with Crippen LogP contribution in [-0.2, 0) is 14.3 Å². The van der Waals surface area contributed by atoms with Crippen molar-refractivity contribution >= 4 is 23.4 Å². The number of carbonyl (C=O) groups is 3. The van der Waals surface area contributed by atoms with Gasteiger partial charge in [-0.15, -0.1) is 0 Å². The molecule has 1 aromatic rings. The normalized spacial score (nSPS) is 26.7. The summed E-state index contributed by atoms with van der Waals surface area (Å²) in [4.78, 5) is 42.0. The molecule has 9 nitrogen and oxygen atoms in total. The second kappa shape index (κ2) is 10.5. The number of nitrogens with one attached hydrogen (secondary N) is 2. The number of likely N-dealkylation sites (N-methyl/N-ethyl adjacent to an activating group) is 1. The first kappa shape index (κ1) is 24.1. The molecule has 35 heavy (non-hydrogen) atoms. The zero-order valence-electron chi connectivity index (χ0n) is 20.5. The summed E-state index contributed by atoms with van der Waals surface area (Å²) in [6.07, 6.45) is 5.62. The number of hydrogen-bond acceptors (Lipinski definition) is 6. The van der Waals surface area contributed by atoms with E-state index in [9.17, 15) is 14.4 Å². The van der Waals surface area contributed by atoms with Crippen LogP contribution in [0.5, 0.6) is 5.75 Å². The topological polar surface area (TPSA) is 100 Å². The van der Waals surface area contributed by atoms with E-state index in [0.717, 1.165) is 38.9 Å². The maximum absolute atomic E-state index is 13.3. The van der Waals surface area contributed by atoms with Crippen LogP contribution in [0.15, 0.2) is 18.2 Å². The zero-order chi connectivity index (χ0) is 24.4. The van der Waals surface area contributed by atoms with Crippen LogP contribution in [0.3, 0.4) is 0 Å². The Balaban J connectivity index is 1.17. The second-order valence-corrected chi connectivity index (χ2v) is 10.2. The fourth-order valence-electron chi connectivity index (χ4n) is 5.33. The molecule has 3 aliphatic heterocycles. The summed E-state index contributed by atoms with van der Waals surface area (Å²) in [5.74, 6) is 0.431. The van der Waals surface area contributed by atoms with Crippen molar-refractivity contribution in [2.45, 2.75) is 63.2 Å². The molecule has 5 rings (SSSR count). The third-order valence-corrected chi connectivity index (χ3v) is 7.59. The second-order valence-electron chi connectivity index (χ2n) is 10.2. The first-order chi connectivity index (χ1) is 17.0. The third-order valence-electron chi connectivity index (χ3n) is 7.59. The SMILES string of the molecule is CN1C(=O)c2cc(NC(=O)C3CC3)ccc2OC[C@H]2O[C@@H](CC(=O)NCCN3CCCC3)CC[C@@H]21. The molecule has 4 aliphatic rings. The summed E-state index contributed by atoms with van der Waals surface area (Å²) in [5, 5.41) is 5.93. The predicted molar refractivity (Wildman–Crippen MR) is 130 cm³/mol. The van der Waals surface area contributed by atoms with Crippen molar-refractivity contribution in [3.05, 3.63) is 23.8 Å². The minimum Gasteiger partial charge on any atom is -0.490 e. The number of fused-ring (bicyclic) bond motifs is 2. The Morgan fingerprint density at radius 2 is 1.91 bits per heavy atom. The number of benzene rings is 1. The summed E-state index contributed by atoms with van der Waals surface area (Å²) >= 11 is 0. The molecule has 3 amide bonds. The number of nitrogens with zero attached hydrogens (tertiary/aromatic N) is 2. The quantitative estimate of drug-likeness (QED) is 0.614. The molecule has 9 heteroatoms. The highest BCUT2D eigenvalue weighted by Crippen LogP contribution is 2.34. The molecule has 0 spiro atoms. The Morgan fingerprint density at radius 3 is 2.69 bits per heavy atom. The van der Waals surface area contributed by atoms with Gasteiger partial charge in [0.05, 0.1) is 24.1 Å². The van der Waals surface area contributed by atoms with E-state index in [1.807, 2.05) is 0 Å². The van der Waals surface area contributed by atoms with Gasteiger partial charge in [0.1, 0.15) is 18.5 Å². The van der Waals surface area contributed by atoms with Gasteiger partial charge in [-0.3, -0.25) is 14.4 Å². The third kappa shape index (κ3) is 5.78. The molecule has 3 heterocycles. The molecule has 1 aliphatic carbocycles. The van der Waals surface area contributed by atoms with Crippen molar-refractivity contribution < 1.29 is 23.9 Å². The Morgan fingerprint density at radius 1 is 1.11 bits per heavy atom. The number of likely N-dealkylation sites (tertiary alicyclic amines) is 1. The minimum atomic E-state index is -0.303. The molecule has 2 saturated heterocycles.